The zero-order valence-corrected chi connectivity index (χ0v) is 15.4. The number of aldehydes is 1. The number of hydrazine groups is 1. The van der Waals surface area contributed by atoms with Gasteiger partial charge < -0.3 is 9.90 Å². The molecule has 5 heteroatoms. The molecule has 0 fully saturated rings. The highest BCUT2D eigenvalue weighted by molar-refractivity contribution is 5.75. The molecule has 0 saturated heterocycles. The number of nitrogens with one attached hydrogen (secondary N) is 2. The van der Waals surface area contributed by atoms with Gasteiger partial charge in [0.25, 0.3) is 0 Å². The van der Waals surface area contributed by atoms with Gasteiger partial charge in [0.15, 0.2) is 0 Å². The van der Waals surface area contributed by atoms with Gasteiger partial charge >= 0.3 is 0 Å². The minimum Gasteiger partial charge on any atom is -0.388 e. The normalized spacial score (nSPS) is 16.4. The van der Waals surface area contributed by atoms with Gasteiger partial charge in [0.2, 0.25) is 5.91 Å². The van der Waals surface area contributed by atoms with Crippen molar-refractivity contribution in [1.82, 2.24) is 10.9 Å². The number of carbonyl (C=O) groups is 2. The van der Waals surface area contributed by atoms with Crippen LogP contribution in [0.5, 0.6) is 0 Å². The van der Waals surface area contributed by atoms with Crippen molar-refractivity contribution < 1.29 is 14.7 Å². The molecule has 0 aromatic heterocycles. The summed E-state index contributed by atoms with van der Waals surface area (Å²) in [5.74, 6) is 0.214. The van der Waals surface area contributed by atoms with Crippen molar-refractivity contribution in [1.29, 1.82) is 0 Å². The molecule has 0 aliphatic rings. The Labute approximate surface area is 141 Å². The lowest BCUT2D eigenvalue weighted by Crippen LogP contribution is -2.57. The number of aliphatic hydroxyl groups is 1. The average Bonchev–Trinajstić information content (AvgIpc) is 2.55. The number of rotatable bonds is 14. The van der Waals surface area contributed by atoms with Gasteiger partial charge in [0, 0.05) is 6.42 Å². The third kappa shape index (κ3) is 8.47. The van der Waals surface area contributed by atoms with Gasteiger partial charge in [0.1, 0.15) is 12.3 Å². The van der Waals surface area contributed by atoms with Crippen LogP contribution in [0.4, 0.5) is 0 Å². The Bertz CT molecular complexity index is 336. The fourth-order valence-electron chi connectivity index (χ4n) is 2.97. The number of unbranched alkanes of at least 4 members (excludes halogenated alkanes) is 2. The molecule has 0 bridgehead atoms. The SMILES string of the molecule is CCCCCC(CCC)CC(O)(CC)C(C=O)NNC(=O)CC. The minimum absolute atomic E-state index is 0.191. The van der Waals surface area contributed by atoms with Gasteiger partial charge in [-0.15, -0.1) is 0 Å². The maximum absolute atomic E-state index is 11.4. The number of hydrogen-bond donors (Lipinski definition) is 3. The molecule has 0 heterocycles. The largest absolute Gasteiger partial charge is 0.388 e. The maximum atomic E-state index is 11.4. The molecular weight excluding hydrogens is 292 g/mol. The van der Waals surface area contributed by atoms with Crippen molar-refractivity contribution in [2.24, 2.45) is 5.92 Å². The molecule has 3 atom stereocenters. The summed E-state index contributed by atoms with van der Waals surface area (Å²) in [5, 5.41) is 11.0. The zero-order valence-electron chi connectivity index (χ0n) is 15.4. The number of amides is 1. The summed E-state index contributed by atoms with van der Waals surface area (Å²) < 4.78 is 0. The fourth-order valence-corrected chi connectivity index (χ4v) is 2.97. The third-order valence-electron chi connectivity index (χ3n) is 4.57. The smallest absolute Gasteiger partial charge is 0.233 e. The molecule has 5 nitrogen and oxygen atoms in total. The fraction of sp³-hybridized carbons (Fsp3) is 0.889. The average molecular weight is 328 g/mol. The number of hydrogen-bond acceptors (Lipinski definition) is 4. The second kappa shape index (κ2) is 12.5. The first-order valence-electron chi connectivity index (χ1n) is 9.19. The summed E-state index contributed by atoms with van der Waals surface area (Å²) in [5.41, 5.74) is 4.08. The van der Waals surface area contributed by atoms with Crippen molar-refractivity contribution in [3.05, 3.63) is 0 Å². The van der Waals surface area contributed by atoms with Gasteiger partial charge in [-0.3, -0.25) is 10.2 Å². The molecule has 1 amide bonds. The van der Waals surface area contributed by atoms with E-state index >= 15 is 0 Å². The molecule has 23 heavy (non-hydrogen) atoms. The highest BCUT2D eigenvalue weighted by atomic mass is 16.3. The summed E-state index contributed by atoms with van der Waals surface area (Å²) in [6.07, 6.45) is 8.84. The summed E-state index contributed by atoms with van der Waals surface area (Å²) in [6, 6.07) is -0.784. The Balaban J connectivity index is 4.82. The molecule has 0 aliphatic heterocycles. The first-order chi connectivity index (χ1) is 11.0. The van der Waals surface area contributed by atoms with Gasteiger partial charge in [-0.2, -0.15) is 0 Å². The van der Waals surface area contributed by atoms with Crippen LogP contribution in [-0.2, 0) is 9.59 Å². The Morgan fingerprint density at radius 2 is 1.83 bits per heavy atom. The first kappa shape index (κ1) is 22.1. The van der Waals surface area contributed by atoms with E-state index in [0.717, 1.165) is 25.7 Å². The Morgan fingerprint density at radius 1 is 1.13 bits per heavy atom. The monoisotopic (exact) mass is 328 g/mol. The van der Waals surface area contributed by atoms with E-state index in [1.54, 1.807) is 6.92 Å². The van der Waals surface area contributed by atoms with Crippen LogP contribution in [0.2, 0.25) is 0 Å². The van der Waals surface area contributed by atoms with Gasteiger partial charge in [-0.1, -0.05) is 66.2 Å². The topological polar surface area (TPSA) is 78.4 Å². The van der Waals surface area contributed by atoms with Gasteiger partial charge in [-0.05, 0) is 18.8 Å². The predicted molar refractivity (Wildman–Crippen MR) is 93.8 cm³/mol. The van der Waals surface area contributed by atoms with Crippen molar-refractivity contribution in [3.8, 4) is 0 Å². The van der Waals surface area contributed by atoms with Crippen LogP contribution in [0.15, 0.2) is 0 Å². The number of carbonyl (C=O) groups excluding carboxylic acids is 2. The molecule has 0 aromatic carbocycles. The Morgan fingerprint density at radius 3 is 2.30 bits per heavy atom. The molecule has 0 aromatic rings. The van der Waals surface area contributed by atoms with E-state index in [1.807, 2.05) is 6.92 Å². The van der Waals surface area contributed by atoms with Crippen LogP contribution in [0, 0.1) is 5.92 Å². The summed E-state index contributed by atoms with van der Waals surface area (Å²) in [4.78, 5) is 22.8. The lowest BCUT2D eigenvalue weighted by atomic mass is 9.79. The Kier molecular flexibility index (Phi) is 12.0. The molecule has 0 aliphatic carbocycles. The lowest BCUT2D eigenvalue weighted by Gasteiger charge is -2.36. The van der Waals surface area contributed by atoms with Crippen molar-refractivity contribution >= 4 is 12.2 Å². The third-order valence-corrected chi connectivity index (χ3v) is 4.57. The van der Waals surface area contributed by atoms with E-state index in [0.29, 0.717) is 31.5 Å². The van der Waals surface area contributed by atoms with Crippen molar-refractivity contribution in [2.75, 3.05) is 0 Å². The summed E-state index contributed by atoms with van der Waals surface area (Å²) in [7, 11) is 0. The van der Waals surface area contributed by atoms with E-state index < -0.39 is 11.6 Å². The predicted octanol–water partition coefficient (Wildman–Crippen LogP) is 3.11. The molecule has 0 rings (SSSR count). The molecule has 0 saturated carbocycles. The molecule has 3 unspecified atom stereocenters. The van der Waals surface area contributed by atoms with E-state index in [4.69, 9.17) is 0 Å². The van der Waals surface area contributed by atoms with Crippen LogP contribution >= 0.6 is 0 Å². The standard InChI is InChI=1S/C18H36N2O3/c1-5-9-10-12-15(11-6-2)13-18(23,8-4)16(14-21)19-20-17(22)7-3/h14-16,19,23H,5-13H2,1-4H3,(H,20,22). The molecule has 0 radical (unpaired) electrons. The van der Waals surface area contributed by atoms with Gasteiger partial charge in [-0.25, -0.2) is 5.43 Å². The van der Waals surface area contributed by atoms with E-state index in [9.17, 15) is 14.7 Å². The second-order valence-corrected chi connectivity index (χ2v) is 6.47. The van der Waals surface area contributed by atoms with Crippen LogP contribution in [0.3, 0.4) is 0 Å². The van der Waals surface area contributed by atoms with E-state index in [1.165, 1.54) is 12.8 Å². The van der Waals surface area contributed by atoms with Crippen molar-refractivity contribution in [3.63, 3.8) is 0 Å². The van der Waals surface area contributed by atoms with E-state index in [-0.39, 0.29) is 5.91 Å². The molecule has 0 spiro atoms. The first-order valence-corrected chi connectivity index (χ1v) is 9.19. The minimum atomic E-state index is -1.13. The second-order valence-electron chi connectivity index (χ2n) is 6.47. The Hall–Kier alpha value is -0.940. The molecule has 136 valence electrons. The lowest BCUT2D eigenvalue weighted by molar-refractivity contribution is -0.125. The van der Waals surface area contributed by atoms with Crippen molar-refractivity contribution in [2.45, 2.75) is 97.1 Å². The molecule has 3 N–H and O–H groups in total. The van der Waals surface area contributed by atoms with E-state index in [2.05, 4.69) is 24.7 Å². The van der Waals surface area contributed by atoms with Crippen LogP contribution in [0.1, 0.15) is 85.5 Å². The van der Waals surface area contributed by atoms with Gasteiger partial charge in [0.05, 0.1) is 5.60 Å². The van der Waals surface area contributed by atoms with Crippen LogP contribution in [-0.4, -0.2) is 28.9 Å². The van der Waals surface area contributed by atoms with Crippen LogP contribution < -0.4 is 10.9 Å². The highest BCUT2D eigenvalue weighted by Gasteiger charge is 2.37. The maximum Gasteiger partial charge on any atom is 0.233 e. The molecular formula is C18H36N2O3. The summed E-state index contributed by atoms with van der Waals surface area (Å²) in [6.45, 7) is 7.95. The zero-order chi connectivity index (χ0) is 17.7. The van der Waals surface area contributed by atoms with Crippen LogP contribution in [0.25, 0.3) is 0 Å². The summed E-state index contributed by atoms with van der Waals surface area (Å²) >= 11 is 0. The quantitative estimate of drug-likeness (QED) is 0.260. The highest BCUT2D eigenvalue weighted by Crippen LogP contribution is 2.30.